The van der Waals surface area contributed by atoms with Crippen LogP contribution < -0.4 is 26.0 Å². The summed E-state index contributed by atoms with van der Waals surface area (Å²) >= 11 is 1.23. The maximum atomic E-state index is 13.8. The number of fused-ring (bicyclic) bond motifs is 2. The molecule has 0 aliphatic carbocycles. The fourth-order valence-corrected chi connectivity index (χ4v) is 6.32. The molecule has 0 radical (unpaired) electrons. The van der Waals surface area contributed by atoms with Gasteiger partial charge in [0.15, 0.2) is 0 Å². The molecule has 15 heteroatoms. The fraction of sp³-hybridized carbons (Fsp3) is 0.457. The van der Waals surface area contributed by atoms with E-state index in [4.69, 9.17) is 4.74 Å². The van der Waals surface area contributed by atoms with Gasteiger partial charge in [-0.15, -0.1) is 11.3 Å². The van der Waals surface area contributed by atoms with Crippen LogP contribution in [0, 0.1) is 5.92 Å². The zero-order valence-electron chi connectivity index (χ0n) is 29.3. The smallest absolute Gasteiger partial charge is 0.271 e. The largest absolute Gasteiger partial charge is 0.481 e. The third-order valence-corrected chi connectivity index (χ3v) is 9.28. The number of pyridine rings is 1. The molecule has 1 aliphatic rings. The van der Waals surface area contributed by atoms with E-state index in [0.717, 1.165) is 11.1 Å². The molecule has 0 saturated carbocycles. The Hall–Kier alpha value is -4.89. The molecular weight excluding hydrogens is 661 g/mol. The first-order chi connectivity index (χ1) is 23.9. The number of carbonyl (C=O) groups is 5. The molecule has 5 amide bonds. The summed E-state index contributed by atoms with van der Waals surface area (Å²) in [6.45, 7) is 7.47. The molecule has 0 saturated heterocycles. The summed E-state index contributed by atoms with van der Waals surface area (Å²) in [5.74, 6) is -2.19. The summed E-state index contributed by atoms with van der Waals surface area (Å²) in [6, 6.07) is 9.86. The number of ether oxygens (including phenoxy) is 1. The maximum absolute atomic E-state index is 13.8. The number of benzene rings is 1. The highest BCUT2D eigenvalue weighted by Crippen LogP contribution is 2.23. The normalized spacial score (nSPS) is 22.2. The van der Waals surface area contributed by atoms with Crippen molar-refractivity contribution in [3.63, 3.8) is 0 Å². The highest BCUT2D eigenvalue weighted by atomic mass is 32.1. The Kier molecular flexibility index (Phi) is 13.4. The molecule has 14 nitrogen and oxygen atoms in total. The lowest BCUT2D eigenvalue weighted by Gasteiger charge is -2.29. The summed E-state index contributed by atoms with van der Waals surface area (Å²) < 4.78 is 5.46. The Morgan fingerprint density at radius 1 is 0.920 bits per heavy atom. The predicted molar refractivity (Wildman–Crippen MR) is 188 cm³/mol. The number of aromatic nitrogens is 2. The van der Waals surface area contributed by atoms with Gasteiger partial charge in [0.25, 0.3) is 5.91 Å². The molecule has 2 aromatic heterocycles. The molecule has 0 unspecified atom stereocenters. The lowest BCUT2D eigenvalue weighted by molar-refractivity contribution is -0.136. The van der Waals surface area contributed by atoms with Crippen molar-refractivity contribution in [1.29, 1.82) is 0 Å². The van der Waals surface area contributed by atoms with E-state index < -0.39 is 41.9 Å². The van der Waals surface area contributed by atoms with Gasteiger partial charge in [-0.25, -0.2) is 9.97 Å². The van der Waals surface area contributed by atoms with Crippen molar-refractivity contribution in [3.8, 4) is 5.88 Å². The van der Waals surface area contributed by atoms with Gasteiger partial charge in [0.1, 0.15) is 28.8 Å². The van der Waals surface area contributed by atoms with Gasteiger partial charge in [-0.05, 0) is 37.8 Å². The van der Waals surface area contributed by atoms with Gasteiger partial charge in [-0.1, -0.05) is 50.2 Å². The Balaban J connectivity index is 1.67. The van der Waals surface area contributed by atoms with Crippen LogP contribution in [0.5, 0.6) is 5.88 Å². The Bertz CT molecular complexity index is 1650. The van der Waals surface area contributed by atoms with Gasteiger partial charge in [0, 0.05) is 43.8 Å². The number of amides is 5. The summed E-state index contributed by atoms with van der Waals surface area (Å²) in [4.78, 5) is 79.0. The summed E-state index contributed by atoms with van der Waals surface area (Å²) in [5, 5.41) is 13.3. The number of hydrogen-bond acceptors (Lipinski definition) is 10. The average Bonchev–Trinajstić information content (AvgIpc) is 3.59. The second kappa shape index (κ2) is 17.7. The molecule has 0 spiro atoms. The number of likely N-dealkylation sites (N-methyl/N-ethyl adjacent to an activating group) is 1. The SMILES string of the molecule is COc1ncccc1CN1CCN(C)C(=O)[C@@H](C)NC(=O)[C@H](C(C)C)NC(=O)[C@H](C)NC(=O)c2csc(n2)[C@H](Cc2ccccc2)NC(=O)C1. The lowest BCUT2D eigenvalue weighted by atomic mass is 10.0. The van der Waals surface area contributed by atoms with E-state index in [2.05, 4.69) is 31.2 Å². The molecule has 1 aliphatic heterocycles. The van der Waals surface area contributed by atoms with Crippen molar-refractivity contribution in [2.45, 2.75) is 64.8 Å². The van der Waals surface area contributed by atoms with E-state index in [1.807, 2.05) is 41.3 Å². The van der Waals surface area contributed by atoms with Crippen LogP contribution in [0.25, 0.3) is 0 Å². The molecule has 1 aromatic carbocycles. The van der Waals surface area contributed by atoms with Crippen molar-refractivity contribution in [3.05, 3.63) is 75.9 Å². The van der Waals surface area contributed by atoms with Crippen LogP contribution in [0.1, 0.15) is 60.4 Å². The van der Waals surface area contributed by atoms with Gasteiger partial charge in [-0.3, -0.25) is 28.9 Å². The first-order valence-corrected chi connectivity index (χ1v) is 17.4. The standard InChI is InChI=1S/C35H46N8O6S/c1-21(2)29-32(47)38-23(4)35(48)42(5)15-16-43(18-25-13-10-14-36-33(25)49-6)19-28(44)39-26(17-24-11-8-7-9-12-24)34-40-27(20-50-34)31(46)37-22(3)30(45)41-29/h7-14,20-23,26,29H,15-19H2,1-6H3,(H,37,46)(H,38,47)(H,39,44)(H,41,45)/t22-,23+,26-,29-/m0/s1. The van der Waals surface area contributed by atoms with Crippen molar-refractivity contribution in [1.82, 2.24) is 41.0 Å². The van der Waals surface area contributed by atoms with Gasteiger partial charge < -0.3 is 30.9 Å². The zero-order chi connectivity index (χ0) is 36.4. The number of nitrogens with zero attached hydrogens (tertiary/aromatic N) is 4. The summed E-state index contributed by atoms with van der Waals surface area (Å²) in [7, 11) is 3.16. The third-order valence-electron chi connectivity index (χ3n) is 8.32. The van der Waals surface area contributed by atoms with E-state index in [9.17, 15) is 24.0 Å². The first kappa shape index (κ1) is 37.9. The number of hydrogen-bond donors (Lipinski definition) is 4. The molecule has 50 heavy (non-hydrogen) atoms. The van der Waals surface area contributed by atoms with E-state index in [0.29, 0.717) is 30.4 Å². The minimum atomic E-state index is -0.995. The maximum Gasteiger partial charge on any atom is 0.271 e. The number of thiazole rings is 1. The van der Waals surface area contributed by atoms with E-state index in [1.54, 1.807) is 45.5 Å². The Morgan fingerprint density at radius 3 is 2.36 bits per heavy atom. The van der Waals surface area contributed by atoms with Gasteiger partial charge in [0.05, 0.1) is 19.7 Å². The van der Waals surface area contributed by atoms with Crippen LogP contribution >= 0.6 is 11.3 Å². The number of nitrogens with one attached hydrogen (secondary N) is 4. The van der Waals surface area contributed by atoms with E-state index in [-0.39, 0.29) is 36.5 Å². The second-order valence-corrected chi connectivity index (χ2v) is 13.6. The summed E-state index contributed by atoms with van der Waals surface area (Å²) in [5.41, 5.74) is 1.82. The predicted octanol–water partition coefficient (Wildman–Crippen LogP) is 1.68. The van der Waals surface area contributed by atoms with Crippen LogP contribution in [0.4, 0.5) is 0 Å². The second-order valence-electron chi connectivity index (χ2n) is 12.7. The van der Waals surface area contributed by atoms with Crippen LogP contribution in [-0.4, -0.2) is 101 Å². The Labute approximate surface area is 296 Å². The molecule has 268 valence electrons. The van der Waals surface area contributed by atoms with Crippen LogP contribution in [0.3, 0.4) is 0 Å². The topological polar surface area (TPSA) is 175 Å². The van der Waals surface area contributed by atoms with Crippen molar-refractivity contribution in [2.75, 3.05) is 33.8 Å². The van der Waals surface area contributed by atoms with Crippen molar-refractivity contribution < 1.29 is 28.7 Å². The van der Waals surface area contributed by atoms with Crippen molar-refractivity contribution in [2.24, 2.45) is 5.92 Å². The molecular formula is C35H46N8O6S. The summed E-state index contributed by atoms with van der Waals surface area (Å²) in [6.07, 6.45) is 2.04. The molecule has 4 atom stereocenters. The Morgan fingerprint density at radius 2 is 1.66 bits per heavy atom. The number of methoxy groups -OCH3 is 1. The third kappa shape index (κ3) is 10.3. The zero-order valence-corrected chi connectivity index (χ0v) is 30.1. The lowest BCUT2D eigenvalue weighted by Crippen LogP contribution is -2.57. The molecule has 3 aromatic rings. The molecule has 2 bridgehead atoms. The van der Waals surface area contributed by atoms with E-state index >= 15 is 0 Å². The van der Waals surface area contributed by atoms with Crippen LogP contribution in [0.2, 0.25) is 0 Å². The monoisotopic (exact) mass is 706 g/mol. The first-order valence-electron chi connectivity index (χ1n) is 16.5. The average molecular weight is 707 g/mol. The minimum absolute atomic E-state index is 0.0300. The van der Waals surface area contributed by atoms with Gasteiger partial charge >= 0.3 is 0 Å². The highest BCUT2D eigenvalue weighted by molar-refractivity contribution is 7.09. The van der Waals surface area contributed by atoms with E-state index in [1.165, 1.54) is 30.3 Å². The highest BCUT2D eigenvalue weighted by Gasteiger charge is 2.31. The molecule has 4 rings (SSSR count). The van der Waals surface area contributed by atoms with Gasteiger partial charge in [0.2, 0.25) is 29.5 Å². The van der Waals surface area contributed by atoms with Crippen LogP contribution in [-0.2, 0) is 32.1 Å². The minimum Gasteiger partial charge on any atom is -0.481 e. The molecule has 0 fully saturated rings. The molecule has 4 N–H and O–H groups in total. The van der Waals surface area contributed by atoms with Crippen LogP contribution in [0.15, 0.2) is 54.0 Å². The number of rotatable bonds is 6. The number of carbonyl (C=O) groups excluding carboxylic acids is 5. The fourth-order valence-electron chi connectivity index (χ4n) is 5.47. The molecule has 3 heterocycles. The quantitative estimate of drug-likeness (QED) is 0.297. The van der Waals surface area contributed by atoms with Crippen molar-refractivity contribution >= 4 is 40.9 Å². The van der Waals surface area contributed by atoms with Gasteiger partial charge in [-0.2, -0.15) is 0 Å².